The van der Waals surface area contributed by atoms with Crippen molar-refractivity contribution in [2.75, 3.05) is 5.32 Å². The minimum atomic E-state index is -0.151. The van der Waals surface area contributed by atoms with Crippen molar-refractivity contribution in [1.82, 2.24) is 0 Å². The Kier molecular flexibility index (Phi) is 3.33. The lowest BCUT2D eigenvalue weighted by Crippen LogP contribution is -2.11. The first-order valence-electron chi connectivity index (χ1n) is 5.20. The Bertz CT molecular complexity index is 543. The van der Waals surface area contributed by atoms with E-state index < -0.39 is 0 Å². The maximum atomic E-state index is 12.0. The maximum absolute atomic E-state index is 12.0. The minimum absolute atomic E-state index is 0.151. The highest BCUT2D eigenvalue weighted by atomic mass is 79.9. The second-order valence-corrected chi connectivity index (χ2v) is 4.70. The Morgan fingerprint density at radius 2 is 1.88 bits per heavy atom. The van der Waals surface area contributed by atoms with E-state index in [0.717, 1.165) is 15.9 Å². The fourth-order valence-corrected chi connectivity index (χ4v) is 1.85. The standard InChI is InChI=1S/C13H12BrNO2/c1-8-7-12(9(2)17-8)13(16)15-11-5-3-10(14)4-6-11/h3-7H,1-2H3,(H,15,16). The van der Waals surface area contributed by atoms with Crippen LogP contribution in [0.4, 0.5) is 5.69 Å². The largest absolute Gasteiger partial charge is 0.466 e. The summed E-state index contributed by atoms with van der Waals surface area (Å²) in [6, 6.07) is 9.17. The van der Waals surface area contributed by atoms with E-state index in [-0.39, 0.29) is 5.91 Å². The highest BCUT2D eigenvalue weighted by Gasteiger charge is 2.13. The molecule has 1 aromatic carbocycles. The first-order valence-corrected chi connectivity index (χ1v) is 5.99. The molecule has 17 heavy (non-hydrogen) atoms. The van der Waals surface area contributed by atoms with E-state index in [2.05, 4.69) is 21.2 Å². The van der Waals surface area contributed by atoms with E-state index in [4.69, 9.17) is 4.42 Å². The summed E-state index contributed by atoms with van der Waals surface area (Å²) in [6.07, 6.45) is 0. The molecule has 0 saturated carbocycles. The van der Waals surface area contributed by atoms with Crippen LogP contribution in [0.3, 0.4) is 0 Å². The Hall–Kier alpha value is -1.55. The number of rotatable bonds is 2. The molecule has 2 rings (SSSR count). The zero-order chi connectivity index (χ0) is 12.4. The Balaban J connectivity index is 2.17. The van der Waals surface area contributed by atoms with Gasteiger partial charge in [0.2, 0.25) is 0 Å². The first-order chi connectivity index (χ1) is 8.06. The third kappa shape index (κ3) is 2.77. The number of benzene rings is 1. The molecule has 1 aromatic heterocycles. The SMILES string of the molecule is Cc1cc(C(=O)Nc2ccc(Br)cc2)c(C)o1. The third-order valence-electron chi connectivity index (χ3n) is 2.39. The molecule has 0 aliphatic rings. The highest BCUT2D eigenvalue weighted by Crippen LogP contribution is 2.18. The predicted molar refractivity (Wildman–Crippen MR) is 70.3 cm³/mol. The molecule has 0 fully saturated rings. The average Bonchev–Trinajstić information content (AvgIpc) is 2.61. The number of halogens is 1. The summed E-state index contributed by atoms with van der Waals surface area (Å²) in [5, 5.41) is 2.82. The van der Waals surface area contributed by atoms with Crippen LogP contribution >= 0.6 is 15.9 Å². The molecule has 4 heteroatoms. The van der Waals surface area contributed by atoms with Crippen LogP contribution in [0.15, 0.2) is 39.2 Å². The van der Waals surface area contributed by atoms with E-state index >= 15 is 0 Å². The van der Waals surface area contributed by atoms with Crippen LogP contribution < -0.4 is 5.32 Å². The molecule has 0 radical (unpaired) electrons. The minimum Gasteiger partial charge on any atom is -0.466 e. The molecular formula is C13H12BrNO2. The third-order valence-corrected chi connectivity index (χ3v) is 2.92. The molecule has 0 unspecified atom stereocenters. The normalized spacial score (nSPS) is 10.3. The van der Waals surface area contributed by atoms with Gasteiger partial charge in [-0.25, -0.2) is 0 Å². The second-order valence-electron chi connectivity index (χ2n) is 3.79. The van der Waals surface area contributed by atoms with Crippen molar-refractivity contribution in [3.8, 4) is 0 Å². The van der Waals surface area contributed by atoms with Gasteiger partial charge in [-0.05, 0) is 44.2 Å². The molecule has 2 aromatic rings. The number of nitrogens with one attached hydrogen (secondary N) is 1. The van der Waals surface area contributed by atoms with E-state index in [1.807, 2.05) is 31.2 Å². The number of carbonyl (C=O) groups is 1. The molecule has 88 valence electrons. The van der Waals surface area contributed by atoms with Crippen molar-refractivity contribution >= 4 is 27.5 Å². The van der Waals surface area contributed by atoms with Crippen molar-refractivity contribution in [3.63, 3.8) is 0 Å². The monoisotopic (exact) mass is 293 g/mol. The lowest BCUT2D eigenvalue weighted by atomic mass is 10.2. The number of anilines is 1. The van der Waals surface area contributed by atoms with Crippen LogP contribution in [0, 0.1) is 13.8 Å². The van der Waals surface area contributed by atoms with Crippen molar-refractivity contribution in [2.45, 2.75) is 13.8 Å². The number of aryl methyl sites for hydroxylation is 2. The molecule has 1 heterocycles. The van der Waals surface area contributed by atoms with Gasteiger partial charge in [0.1, 0.15) is 11.5 Å². The van der Waals surface area contributed by atoms with Crippen LogP contribution in [0.2, 0.25) is 0 Å². The number of carbonyl (C=O) groups excluding carboxylic acids is 1. The molecule has 0 aliphatic carbocycles. The topological polar surface area (TPSA) is 42.2 Å². The molecule has 0 spiro atoms. The highest BCUT2D eigenvalue weighted by molar-refractivity contribution is 9.10. The predicted octanol–water partition coefficient (Wildman–Crippen LogP) is 3.91. The van der Waals surface area contributed by atoms with Crippen LogP contribution in [0.5, 0.6) is 0 Å². The molecule has 0 aliphatic heterocycles. The smallest absolute Gasteiger partial charge is 0.259 e. The Labute approximate surface area is 108 Å². The molecule has 0 bridgehead atoms. The molecular weight excluding hydrogens is 282 g/mol. The summed E-state index contributed by atoms with van der Waals surface area (Å²) >= 11 is 3.34. The van der Waals surface area contributed by atoms with Gasteiger partial charge in [0.25, 0.3) is 5.91 Å². The van der Waals surface area contributed by atoms with Gasteiger partial charge in [0.15, 0.2) is 0 Å². The van der Waals surface area contributed by atoms with Crippen LogP contribution in [0.25, 0.3) is 0 Å². The zero-order valence-corrected chi connectivity index (χ0v) is 11.2. The van der Waals surface area contributed by atoms with Gasteiger partial charge in [-0.2, -0.15) is 0 Å². The van der Waals surface area contributed by atoms with E-state index in [0.29, 0.717) is 11.3 Å². The summed E-state index contributed by atoms with van der Waals surface area (Å²) in [7, 11) is 0. The fourth-order valence-electron chi connectivity index (χ4n) is 1.59. The van der Waals surface area contributed by atoms with Gasteiger partial charge in [0, 0.05) is 10.2 Å². The molecule has 1 amide bonds. The average molecular weight is 294 g/mol. The van der Waals surface area contributed by atoms with Crippen LogP contribution in [0.1, 0.15) is 21.9 Å². The fraction of sp³-hybridized carbons (Fsp3) is 0.154. The van der Waals surface area contributed by atoms with E-state index in [1.54, 1.807) is 13.0 Å². The number of amides is 1. The summed E-state index contributed by atoms with van der Waals surface area (Å²) in [4.78, 5) is 12.0. The maximum Gasteiger partial charge on any atom is 0.259 e. The molecule has 3 nitrogen and oxygen atoms in total. The molecule has 1 N–H and O–H groups in total. The van der Waals surface area contributed by atoms with Gasteiger partial charge in [-0.15, -0.1) is 0 Å². The number of hydrogen-bond acceptors (Lipinski definition) is 2. The number of furan rings is 1. The lowest BCUT2D eigenvalue weighted by molar-refractivity contribution is 0.102. The van der Waals surface area contributed by atoms with Crippen molar-refractivity contribution in [1.29, 1.82) is 0 Å². The first kappa shape index (κ1) is 11.9. The Morgan fingerprint density at radius 1 is 1.24 bits per heavy atom. The molecule has 0 atom stereocenters. The van der Waals surface area contributed by atoms with Gasteiger partial charge in [-0.1, -0.05) is 15.9 Å². The molecule has 0 saturated heterocycles. The van der Waals surface area contributed by atoms with Crippen molar-refractivity contribution in [2.24, 2.45) is 0 Å². The van der Waals surface area contributed by atoms with Crippen molar-refractivity contribution in [3.05, 3.63) is 51.9 Å². The zero-order valence-electron chi connectivity index (χ0n) is 9.58. The van der Waals surface area contributed by atoms with Crippen LogP contribution in [-0.2, 0) is 0 Å². The number of hydrogen-bond donors (Lipinski definition) is 1. The quantitative estimate of drug-likeness (QED) is 0.912. The summed E-state index contributed by atoms with van der Waals surface area (Å²) < 4.78 is 6.30. The summed E-state index contributed by atoms with van der Waals surface area (Å²) in [5.74, 6) is 1.22. The van der Waals surface area contributed by atoms with E-state index in [1.165, 1.54) is 0 Å². The summed E-state index contributed by atoms with van der Waals surface area (Å²) in [5.41, 5.74) is 1.34. The Morgan fingerprint density at radius 3 is 2.41 bits per heavy atom. The lowest BCUT2D eigenvalue weighted by Gasteiger charge is -2.03. The van der Waals surface area contributed by atoms with Gasteiger partial charge in [0.05, 0.1) is 5.56 Å². The summed E-state index contributed by atoms with van der Waals surface area (Å²) in [6.45, 7) is 3.60. The van der Waals surface area contributed by atoms with Gasteiger partial charge < -0.3 is 9.73 Å². The van der Waals surface area contributed by atoms with Crippen molar-refractivity contribution < 1.29 is 9.21 Å². The second kappa shape index (κ2) is 4.75. The van der Waals surface area contributed by atoms with E-state index in [9.17, 15) is 4.79 Å². The van der Waals surface area contributed by atoms with Gasteiger partial charge in [-0.3, -0.25) is 4.79 Å². The van der Waals surface area contributed by atoms with Gasteiger partial charge >= 0.3 is 0 Å². The van der Waals surface area contributed by atoms with Crippen LogP contribution in [-0.4, -0.2) is 5.91 Å².